The van der Waals surface area contributed by atoms with Crippen LogP contribution in [0.5, 0.6) is 0 Å². The Balaban J connectivity index is -0.0000000569. The highest BCUT2D eigenvalue weighted by Gasteiger charge is 2.00. The molecular formula is C10H27NO. The molecule has 0 aromatic heterocycles. The Morgan fingerprint density at radius 3 is 1.50 bits per heavy atom. The fourth-order valence-electron chi connectivity index (χ4n) is 0.289. The molecule has 0 radical (unpaired) electrons. The summed E-state index contributed by atoms with van der Waals surface area (Å²) in [6.07, 6.45) is 1.25. The van der Waals surface area contributed by atoms with Gasteiger partial charge in [-0.15, -0.1) is 0 Å². The Hall–Kier alpha value is -0.530. The van der Waals surface area contributed by atoms with Crippen LogP contribution in [0.25, 0.3) is 0 Å². The molecule has 0 bridgehead atoms. The van der Waals surface area contributed by atoms with Crippen LogP contribution in [-0.4, -0.2) is 13.0 Å². The van der Waals surface area contributed by atoms with Gasteiger partial charge in [-0.3, -0.25) is 4.79 Å². The van der Waals surface area contributed by atoms with Gasteiger partial charge in [-0.1, -0.05) is 49.0 Å². The van der Waals surface area contributed by atoms with Crippen LogP contribution in [0.4, 0.5) is 0 Å². The van der Waals surface area contributed by atoms with E-state index in [1.165, 1.54) is 6.42 Å². The Labute approximate surface area is 78.8 Å². The van der Waals surface area contributed by atoms with Gasteiger partial charge >= 0.3 is 0 Å². The van der Waals surface area contributed by atoms with E-state index in [9.17, 15) is 4.79 Å². The Morgan fingerprint density at radius 1 is 1.25 bits per heavy atom. The van der Waals surface area contributed by atoms with Crippen LogP contribution in [0.1, 0.15) is 49.0 Å². The predicted octanol–water partition coefficient (Wildman–Crippen LogP) is 3.08. The molecule has 1 N–H and O–H groups in total. The third-order valence-electron chi connectivity index (χ3n) is 0.771. The molecule has 0 aromatic carbocycles. The first-order valence-corrected chi connectivity index (χ1v) is 3.81. The van der Waals surface area contributed by atoms with Crippen molar-refractivity contribution in [3.63, 3.8) is 0 Å². The van der Waals surface area contributed by atoms with Crippen LogP contribution < -0.4 is 5.32 Å². The highest BCUT2D eigenvalue weighted by atomic mass is 16.1. The van der Waals surface area contributed by atoms with E-state index in [0.717, 1.165) is 0 Å². The van der Waals surface area contributed by atoms with Crippen molar-refractivity contribution in [3.05, 3.63) is 0 Å². The molecule has 12 heavy (non-hydrogen) atoms. The summed E-state index contributed by atoms with van der Waals surface area (Å²) in [4.78, 5) is 10.4. The lowest BCUT2D eigenvalue weighted by Crippen LogP contribution is -2.22. The first-order valence-electron chi connectivity index (χ1n) is 3.81. The van der Waals surface area contributed by atoms with Crippen LogP contribution >= 0.6 is 0 Å². The smallest absolute Gasteiger partial charge is 0.222 e. The number of carbonyl (C=O) groups is 1. The standard InChI is InChI=1S/C5H11NO.C3H8.2CH4/c1-4(2)5(7)6-3;1-3-2;;/h4H,1-3H3,(H,6,7);3H2,1-2H3;2*1H4. The summed E-state index contributed by atoms with van der Waals surface area (Å²) in [7, 11) is 1.64. The third-order valence-corrected chi connectivity index (χ3v) is 0.771. The van der Waals surface area contributed by atoms with Gasteiger partial charge in [0.15, 0.2) is 0 Å². The molecule has 0 aliphatic heterocycles. The monoisotopic (exact) mass is 177 g/mol. The van der Waals surface area contributed by atoms with Crippen LogP contribution in [0.15, 0.2) is 0 Å². The Bertz CT molecular complexity index is 79.9. The van der Waals surface area contributed by atoms with Gasteiger partial charge in [-0.25, -0.2) is 0 Å². The van der Waals surface area contributed by atoms with Gasteiger partial charge in [-0.05, 0) is 0 Å². The summed E-state index contributed by atoms with van der Waals surface area (Å²) in [6, 6.07) is 0. The van der Waals surface area contributed by atoms with Gasteiger partial charge < -0.3 is 5.32 Å². The molecule has 1 amide bonds. The summed E-state index contributed by atoms with van der Waals surface area (Å²) in [5.74, 6) is 0.213. The zero-order valence-corrected chi connectivity index (χ0v) is 7.69. The molecule has 0 heterocycles. The van der Waals surface area contributed by atoms with Crippen LogP contribution in [0.3, 0.4) is 0 Å². The molecule has 0 aliphatic rings. The largest absolute Gasteiger partial charge is 0.359 e. The topological polar surface area (TPSA) is 29.1 Å². The van der Waals surface area contributed by atoms with Crippen molar-refractivity contribution in [2.45, 2.75) is 49.0 Å². The van der Waals surface area contributed by atoms with Crippen molar-refractivity contribution < 1.29 is 4.79 Å². The molecule has 0 rings (SSSR count). The van der Waals surface area contributed by atoms with E-state index in [1.807, 2.05) is 13.8 Å². The fraction of sp³-hybridized carbons (Fsp3) is 0.900. The van der Waals surface area contributed by atoms with E-state index in [4.69, 9.17) is 0 Å². The van der Waals surface area contributed by atoms with Gasteiger partial charge in [0.1, 0.15) is 0 Å². The summed E-state index contributed by atoms with van der Waals surface area (Å²) in [6.45, 7) is 7.97. The van der Waals surface area contributed by atoms with Crippen molar-refractivity contribution >= 4 is 5.91 Å². The van der Waals surface area contributed by atoms with E-state index in [1.54, 1.807) is 7.05 Å². The maximum atomic E-state index is 10.4. The third kappa shape index (κ3) is 22.7. The lowest BCUT2D eigenvalue weighted by molar-refractivity contribution is -0.123. The van der Waals surface area contributed by atoms with E-state index in [2.05, 4.69) is 19.2 Å². The number of rotatable bonds is 1. The van der Waals surface area contributed by atoms with Crippen molar-refractivity contribution in [2.75, 3.05) is 7.05 Å². The lowest BCUT2D eigenvalue weighted by Gasteiger charge is -1.98. The van der Waals surface area contributed by atoms with Crippen molar-refractivity contribution in [1.29, 1.82) is 0 Å². The van der Waals surface area contributed by atoms with Gasteiger partial charge in [0.25, 0.3) is 0 Å². The zero-order chi connectivity index (χ0) is 8.57. The number of nitrogens with one attached hydrogen (secondary N) is 1. The normalized spacial score (nSPS) is 6.83. The van der Waals surface area contributed by atoms with Crippen LogP contribution in [0.2, 0.25) is 0 Å². The highest BCUT2D eigenvalue weighted by molar-refractivity contribution is 5.77. The van der Waals surface area contributed by atoms with E-state index in [-0.39, 0.29) is 26.7 Å². The van der Waals surface area contributed by atoms with Crippen molar-refractivity contribution in [2.24, 2.45) is 5.92 Å². The van der Waals surface area contributed by atoms with Gasteiger partial charge in [-0.2, -0.15) is 0 Å². The molecule has 0 aliphatic carbocycles. The summed E-state index contributed by atoms with van der Waals surface area (Å²) >= 11 is 0. The first kappa shape index (κ1) is 22.5. The maximum absolute atomic E-state index is 10.4. The number of amides is 1. The van der Waals surface area contributed by atoms with Gasteiger partial charge in [0.05, 0.1) is 0 Å². The van der Waals surface area contributed by atoms with Crippen LogP contribution in [0, 0.1) is 5.92 Å². The van der Waals surface area contributed by atoms with E-state index < -0.39 is 0 Å². The second-order valence-corrected chi connectivity index (χ2v) is 2.48. The van der Waals surface area contributed by atoms with Crippen molar-refractivity contribution in [3.8, 4) is 0 Å². The van der Waals surface area contributed by atoms with Crippen LogP contribution in [-0.2, 0) is 4.79 Å². The number of carbonyl (C=O) groups excluding carboxylic acids is 1. The Morgan fingerprint density at radius 2 is 1.50 bits per heavy atom. The molecule has 2 nitrogen and oxygen atoms in total. The zero-order valence-electron chi connectivity index (χ0n) is 7.69. The quantitative estimate of drug-likeness (QED) is 0.655. The summed E-state index contributed by atoms with van der Waals surface area (Å²) in [5, 5.41) is 2.53. The lowest BCUT2D eigenvalue weighted by atomic mass is 10.2. The SMILES string of the molecule is C.C.CCC.CNC(=O)C(C)C. The second-order valence-electron chi connectivity index (χ2n) is 2.48. The molecular weight excluding hydrogens is 150 g/mol. The Kier molecular flexibility index (Phi) is 31.6. The minimum absolute atomic E-state index is 0. The molecule has 78 valence electrons. The van der Waals surface area contributed by atoms with Gasteiger partial charge in [0, 0.05) is 13.0 Å². The molecule has 0 atom stereocenters. The average Bonchev–Trinajstić information content (AvgIpc) is 1.88. The number of hydrogen-bond acceptors (Lipinski definition) is 1. The molecule has 0 saturated heterocycles. The molecule has 0 saturated carbocycles. The van der Waals surface area contributed by atoms with E-state index >= 15 is 0 Å². The number of hydrogen-bond donors (Lipinski definition) is 1. The molecule has 0 fully saturated rings. The second kappa shape index (κ2) is 16.8. The maximum Gasteiger partial charge on any atom is 0.222 e. The molecule has 2 heteroatoms. The minimum Gasteiger partial charge on any atom is -0.359 e. The van der Waals surface area contributed by atoms with Crippen molar-refractivity contribution in [1.82, 2.24) is 5.32 Å². The fourth-order valence-corrected chi connectivity index (χ4v) is 0.289. The highest BCUT2D eigenvalue weighted by Crippen LogP contribution is 1.87. The molecule has 0 unspecified atom stereocenters. The summed E-state index contributed by atoms with van der Waals surface area (Å²) < 4.78 is 0. The van der Waals surface area contributed by atoms with E-state index in [0.29, 0.717) is 0 Å². The summed E-state index contributed by atoms with van der Waals surface area (Å²) in [5.41, 5.74) is 0. The molecule has 0 aromatic rings. The first-order chi connectivity index (χ1) is 4.59. The average molecular weight is 177 g/mol. The predicted molar refractivity (Wildman–Crippen MR) is 58.3 cm³/mol. The van der Waals surface area contributed by atoms with Gasteiger partial charge in [0.2, 0.25) is 5.91 Å². The minimum atomic E-state index is 0. The molecule has 0 spiro atoms.